The molecule has 1 aliphatic heterocycles. The van der Waals surface area contributed by atoms with Crippen molar-refractivity contribution in [3.63, 3.8) is 0 Å². The second-order valence-electron chi connectivity index (χ2n) is 7.24. The van der Waals surface area contributed by atoms with E-state index in [1.807, 2.05) is 6.07 Å². The van der Waals surface area contributed by atoms with Crippen molar-refractivity contribution in [3.05, 3.63) is 77.8 Å². The average molecular weight is 393 g/mol. The van der Waals surface area contributed by atoms with E-state index in [9.17, 15) is 9.18 Å². The van der Waals surface area contributed by atoms with Crippen LogP contribution in [0.5, 0.6) is 0 Å². The number of carbonyl (C=O) groups is 1. The van der Waals surface area contributed by atoms with Gasteiger partial charge in [-0.3, -0.25) is 4.79 Å². The number of hydrogen-bond donors (Lipinski definition) is 2. The second-order valence-corrected chi connectivity index (χ2v) is 7.24. The first-order valence-electron chi connectivity index (χ1n) is 9.97. The number of aromatic amines is 1. The van der Waals surface area contributed by atoms with E-state index in [4.69, 9.17) is 0 Å². The van der Waals surface area contributed by atoms with Gasteiger partial charge in [0.1, 0.15) is 23.5 Å². The Morgan fingerprint density at radius 2 is 1.79 bits per heavy atom. The smallest absolute Gasteiger partial charge is 0.253 e. The molecule has 4 rings (SSSR count). The lowest BCUT2D eigenvalue weighted by atomic mass is 10.1. The van der Waals surface area contributed by atoms with Crippen LogP contribution in [-0.2, 0) is 0 Å². The largest absolute Gasteiger partial charge is 0.357 e. The van der Waals surface area contributed by atoms with Crippen molar-refractivity contribution in [2.75, 3.05) is 18.0 Å². The van der Waals surface area contributed by atoms with Crippen LogP contribution in [0.15, 0.2) is 55.0 Å². The Morgan fingerprint density at radius 3 is 2.41 bits per heavy atom. The lowest BCUT2D eigenvalue weighted by molar-refractivity contribution is 0.0941. The van der Waals surface area contributed by atoms with Gasteiger partial charge in [-0.1, -0.05) is 25.0 Å². The summed E-state index contributed by atoms with van der Waals surface area (Å²) < 4.78 is 13.3. The molecule has 1 aliphatic rings. The first-order valence-corrected chi connectivity index (χ1v) is 9.97. The highest BCUT2D eigenvalue weighted by molar-refractivity contribution is 5.94. The first kappa shape index (κ1) is 19.1. The third-order valence-electron chi connectivity index (χ3n) is 5.21. The van der Waals surface area contributed by atoms with Crippen molar-refractivity contribution < 1.29 is 9.18 Å². The number of nitrogens with zero attached hydrogens (tertiary/aromatic N) is 3. The topological polar surface area (TPSA) is 73.9 Å². The molecule has 3 aromatic rings. The van der Waals surface area contributed by atoms with E-state index in [1.54, 1.807) is 36.8 Å². The molecule has 1 fully saturated rings. The molecule has 1 atom stereocenters. The Labute approximate surface area is 169 Å². The number of imidazole rings is 1. The predicted molar refractivity (Wildman–Crippen MR) is 109 cm³/mol. The van der Waals surface area contributed by atoms with Crippen LogP contribution >= 0.6 is 0 Å². The molecule has 0 radical (unpaired) electrons. The Bertz CT molecular complexity index is 917. The van der Waals surface area contributed by atoms with Gasteiger partial charge in [0, 0.05) is 31.7 Å². The summed E-state index contributed by atoms with van der Waals surface area (Å²) in [4.78, 5) is 26.9. The van der Waals surface area contributed by atoms with Gasteiger partial charge in [0.25, 0.3) is 5.91 Å². The number of rotatable bonds is 5. The number of carbonyl (C=O) groups excluding carboxylic acids is 1. The minimum atomic E-state index is -0.511. The van der Waals surface area contributed by atoms with Crippen molar-refractivity contribution in [2.24, 2.45) is 0 Å². The molecule has 1 aromatic carbocycles. The fraction of sp³-hybridized carbons (Fsp3) is 0.318. The van der Waals surface area contributed by atoms with E-state index >= 15 is 0 Å². The fourth-order valence-electron chi connectivity index (χ4n) is 3.62. The summed E-state index contributed by atoms with van der Waals surface area (Å²) in [6, 6.07) is 9.21. The molecule has 29 heavy (non-hydrogen) atoms. The molecular weight excluding hydrogens is 369 g/mol. The number of aromatic nitrogens is 3. The van der Waals surface area contributed by atoms with Crippen LogP contribution in [0.3, 0.4) is 0 Å². The van der Waals surface area contributed by atoms with Crippen LogP contribution in [0.1, 0.15) is 53.5 Å². The number of H-pyrrole nitrogens is 1. The molecule has 1 saturated heterocycles. The molecule has 0 bridgehead atoms. The van der Waals surface area contributed by atoms with Crippen molar-refractivity contribution in [3.8, 4) is 0 Å². The van der Waals surface area contributed by atoms with Gasteiger partial charge in [-0.2, -0.15) is 0 Å². The van der Waals surface area contributed by atoms with Gasteiger partial charge in [-0.25, -0.2) is 14.4 Å². The highest BCUT2D eigenvalue weighted by Crippen LogP contribution is 2.21. The molecule has 3 heterocycles. The number of halogens is 1. The SMILES string of the molecule is O=C(NC(c1ccc(F)cc1)c1ncc[nH]1)c1ccc(N2CCCCCC2)nc1. The maximum Gasteiger partial charge on any atom is 0.253 e. The van der Waals surface area contributed by atoms with E-state index in [0.717, 1.165) is 24.5 Å². The number of anilines is 1. The van der Waals surface area contributed by atoms with Crippen molar-refractivity contribution in [1.29, 1.82) is 0 Å². The third kappa shape index (κ3) is 4.62. The van der Waals surface area contributed by atoms with Crippen LogP contribution in [0, 0.1) is 5.82 Å². The normalized spacial score (nSPS) is 15.6. The minimum Gasteiger partial charge on any atom is -0.357 e. The van der Waals surface area contributed by atoms with Crippen LogP contribution in [-0.4, -0.2) is 33.9 Å². The Kier molecular flexibility index (Phi) is 5.84. The van der Waals surface area contributed by atoms with Gasteiger partial charge in [0.15, 0.2) is 0 Å². The molecule has 2 N–H and O–H groups in total. The number of hydrogen-bond acceptors (Lipinski definition) is 4. The highest BCUT2D eigenvalue weighted by Gasteiger charge is 2.20. The lowest BCUT2D eigenvalue weighted by Gasteiger charge is -2.21. The third-order valence-corrected chi connectivity index (χ3v) is 5.21. The summed E-state index contributed by atoms with van der Waals surface area (Å²) in [6.07, 6.45) is 9.78. The summed E-state index contributed by atoms with van der Waals surface area (Å²) in [6.45, 7) is 2.01. The zero-order valence-corrected chi connectivity index (χ0v) is 16.1. The summed E-state index contributed by atoms with van der Waals surface area (Å²) >= 11 is 0. The van der Waals surface area contributed by atoms with E-state index in [2.05, 4.69) is 25.2 Å². The minimum absolute atomic E-state index is 0.259. The van der Waals surface area contributed by atoms with Crippen LogP contribution in [0.25, 0.3) is 0 Å². The van der Waals surface area contributed by atoms with Crippen LogP contribution in [0.2, 0.25) is 0 Å². The molecule has 0 spiro atoms. The average Bonchev–Trinajstić information content (AvgIpc) is 3.14. The summed E-state index contributed by atoms with van der Waals surface area (Å²) in [5, 5.41) is 2.97. The number of amides is 1. The molecule has 0 saturated carbocycles. The number of nitrogens with one attached hydrogen (secondary N) is 2. The molecule has 2 aromatic heterocycles. The fourth-order valence-corrected chi connectivity index (χ4v) is 3.62. The molecule has 1 amide bonds. The molecule has 150 valence electrons. The molecule has 0 aliphatic carbocycles. The quantitative estimate of drug-likeness (QED) is 0.691. The van der Waals surface area contributed by atoms with Gasteiger partial charge in [0.2, 0.25) is 0 Å². The second kappa shape index (κ2) is 8.86. The Hall–Kier alpha value is -3.22. The van der Waals surface area contributed by atoms with Gasteiger partial charge >= 0.3 is 0 Å². The Morgan fingerprint density at radius 1 is 1.03 bits per heavy atom. The van der Waals surface area contributed by atoms with E-state index < -0.39 is 6.04 Å². The first-order chi connectivity index (χ1) is 14.2. The maximum absolute atomic E-state index is 13.3. The van der Waals surface area contributed by atoms with E-state index in [-0.39, 0.29) is 11.7 Å². The highest BCUT2D eigenvalue weighted by atomic mass is 19.1. The molecule has 6 nitrogen and oxygen atoms in total. The van der Waals surface area contributed by atoms with Gasteiger partial charge < -0.3 is 15.2 Å². The summed E-state index contributed by atoms with van der Waals surface area (Å²) in [5.74, 6) is 0.904. The van der Waals surface area contributed by atoms with Gasteiger partial charge in [-0.15, -0.1) is 0 Å². The molecular formula is C22H24FN5O. The monoisotopic (exact) mass is 393 g/mol. The maximum atomic E-state index is 13.3. The van der Waals surface area contributed by atoms with E-state index in [0.29, 0.717) is 11.4 Å². The van der Waals surface area contributed by atoms with Crippen LogP contribution in [0.4, 0.5) is 10.2 Å². The standard InChI is InChI=1S/C22H24FN5O/c23-18-8-5-16(6-9-18)20(21-24-11-12-25-21)27-22(29)17-7-10-19(26-15-17)28-13-3-1-2-4-14-28/h5-12,15,20H,1-4,13-14H2,(H,24,25)(H,27,29). The van der Waals surface area contributed by atoms with E-state index in [1.165, 1.54) is 37.8 Å². The van der Waals surface area contributed by atoms with Gasteiger partial charge in [0.05, 0.1) is 5.56 Å². The zero-order valence-electron chi connectivity index (χ0n) is 16.1. The van der Waals surface area contributed by atoms with Gasteiger partial charge in [-0.05, 0) is 42.7 Å². The predicted octanol–water partition coefficient (Wildman–Crippen LogP) is 3.84. The summed E-state index contributed by atoms with van der Waals surface area (Å²) in [5.41, 5.74) is 1.21. The number of pyridine rings is 1. The van der Waals surface area contributed by atoms with Crippen LogP contribution < -0.4 is 10.2 Å². The van der Waals surface area contributed by atoms with Crippen molar-refractivity contribution in [1.82, 2.24) is 20.3 Å². The Balaban J connectivity index is 1.51. The molecule has 1 unspecified atom stereocenters. The molecule has 7 heteroatoms. The van der Waals surface area contributed by atoms with Crippen molar-refractivity contribution in [2.45, 2.75) is 31.7 Å². The zero-order chi connectivity index (χ0) is 20.1. The number of benzene rings is 1. The summed E-state index contributed by atoms with van der Waals surface area (Å²) in [7, 11) is 0. The lowest BCUT2D eigenvalue weighted by Crippen LogP contribution is -2.30. The van der Waals surface area contributed by atoms with Crippen molar-refractivity contribution >= 4 is 11.7 Å².